The Balaban J connectivity index is 2.60. The van der Waals surface area contributed by atoms with Gasteiger partial charge in [-0.3, -0.25) is 0 Å². The first-order valence-electron chi connectivity index (χ1n) is 6.72. The summed E-state index contributed by atoms with van der Waals surface area (Å²) >= 11 is 1.88. The quantitative estimate of drug-likeness (QED) is 0.724. The molecule has 0 spiro atoms. The highest BCUT2D eigenvalue weighted by Crippen LogP contribution is 2.30. The van der Waals surface area contributed by atoms with Gasteiger partial charge in [-0.1, -0.05) is 39.3 Å². The maximum atomic E-state index is 5.38. The van der Waals surface area contributed by atoms with E-state index in [2.05, 4.69) is 38.2 Å². The molecule has 2 unspecified atom stereocenters. The van der Waals surface area contributed by atoms with Crippen LogP contribution in [0.5, 0.6) is 5.75 Å². The fourth-order valence-corrected chi connectivity index (χ4v) is 3.16. The molecule has 0 amide bonds. The molecular weight excluding hydrogens is 242 g/mol. The number of hydrogen-bond donors (Lipinski definition) is 1. The Morgan fingerprint density at radius 2 is 2.00 bits per heavy atom. The van der Waals surface area contributed by atoms with Crippen molar-refractivity contribution in [2.24, 2.45) is 5.92 Å². The lowest BCUT2D eigenvalue weighted by Gasteiger charge is -2.23. The van der Waals surface area contributed by atoms with E-state index in [0.29, 0.717) is 12.0 Å². The van der Waals surface area contributed by atoms with Crippen molar-refractivity contribution in [3.8, 4) is 5.75 Å². The molecule has 2 atom stereocenters. The molecular formula is C15H25NOS. The molecule has 0 heterocycles. The van der Waals surface area contributed by atoms with Crippen molar-refractivity contribution >= 4 is 11.8 Å². The molecule has 2 nitrogen and oxygen atoms in total. The lowest BCUT2D eigenvalue weighted by Crippen LogP contribution is -2.36. The van der Waals surface area contributed by atoms with Crippen LogP contribution in [0, 0.1) is 5.92 Å². The highest BCUT2D eigenvalue weighted by molar-refractivity contribution is 7.99. The predicted octanol–water partition coefficient (Wildman–Crippen LogP) is 3.81. The standard InChI is InChI=1S/C15H25NOS/c1-5-12(3)13(16-6-2)11-18-15-10-8-7-9-14(15)17-4/h7-10,12-13,16H,5-6,11H2,1-4H3. The molecule has 1 aromatic rings. The summed E-state index contributed by atoms with van der Waals surface area (Å²) in [6.45, 7) is 7.77. The third-order valence-electron chi connectivity index (χ3n) is 3.28. The third kappa shape index (κ3) is 4.54. The molecule has 102 valence electrons. The molecule has 1 N–H and O–H groups in total. The Hall–Kier alpha value is -0.670. The number of rotatable bonds is 8. The second kappa shape index (κ2) is 8.44. The van der Waals surface area contributed by atoms with Crippen molar-refractivity contribution in [2.45, 2.75) is 38.1 Å². The molecule has 0 aromatic heterocycles. The lowest BCUT2D eigenvalue weighted by molar-refractivity contribution is 0.400. The number of thioether (sulfide) groups is 1. The second-order valence-electron chi connectivity index (χ2n) is 4.51. The molecule has 18 heavy (non-hydrogen) atoms. The molecule has 0 aliphatic heterocycles. The van der Waals surface area contributed by atoms with E-state index in [9.17, 15) is 0 Å². The fourth-order valence-electron chi connectivity index (χ4n) is 1.89. The highest BCUT2D eigenvalue weighted by atomic mass is 32.2. The minimum absolute atomic E-state index is 0.565. The first-order valence-corrected chi connectivity index (χ1v) is 7.70. The minimum atomic E-state index is 0.565. The molecule has 3 heteroatoms. The van der Waals surface area contributed by atoms with Gasteiger partial charge in [0, 0.05) is 16.7 Å². The zero-order valence-corrected chi connectivity index (χ0v) is 12.7. The van der Waals surface area contributed by atoms with Crippen LogP contribution in [0.15, 0.2) is 29.2 Å². The van der Waals surface area contributed by atoms with Gasteiger partial charge in [-0.2, -0.15) is 0 Å². The van der Waals surface area contributed by atoms with Gasteiger partial charge in [0.1, 0.15) is 5.75 Å². The van der Waals surface area contributed by atoms with E-state index in [1.54, 1.807) is 7.11 Å². The fraction of sp³-hybridized carbons (Fsp3) is 0.600. The number of benzene rings is 1. The summed E-state index contributed by atoms with van der Waals surface area (Å²) in [5.74, 6) is 2.76. The van der Waals surface area contributed by atoms with Crippen LogP contribution >= 0.6 is 11.8 Å². The van der Waals surface area contributed by atoms with Crippen LogP contribution in [0.25, 0.3) is 0 Å². The molecule has 0 aliphatic rings. The van der Waals surface area contributed by atoms with Crippen LogP contribution in [0.3, 0.4) is 0 Å². The monoisotopic (exact) mass is 267 g/mol. The largest absolute Gasteiger partial charge is 0.496 e. The highest BCUT2D eigenvalue weighted by Gasteiger charge is 2.15. The predicted molar refractivity (Wildman–Crippen MR) is 80.6 cm³/mol. The minimum Gasteiger partial charge on any atom is -0.496 e. The molecule has 0 saturated heterocycles. The van der Waals surface area contributed by atoms with Crippen molar-refractivity contribution in [2.75, 3.05) is 19.4 Å². The van der Waals surface area contributed by atoms with Crippen LogP contribution in [-0.2, 0) is 0 Å². The van der Waals surface area contributed by atoms with Gasteiger partial charge in [0.15, 0.2) is 0 Å². The topological polar surface area (TPSA) is 21.3 Å². The average Bonchev–Trinajstić information content (AvgIpc) is 2.42. The summed E-state index contributed by atoms with van der Waals surface area (Å²) in [5.41, 5.74) is 0. The average molecular weight is 267 g/mol. The van der Waals surface area contributed by atoms with Crippen LogP contribution in [0.4, 0.5) is 0 Å². The SMILES string of the molecule is CCNC(CSc1ccccc1OC)C(C)CC. The number of ether oxygens (including phenoxy) is 1. The molecule has 0 radical (unpaired) electrons. The maximum absolute atomic E-state index is 5.38. The van der Waals surface area contributed by atoms with Crippen molar-refractivity contribution in [3.63, 3.8) is 0 Å². The van der Waals surface area contributed by atoms with E-state index in [1.165, 1.54) is 11.3 Å². The summed E-state index contributed by atoms with van der Waals surface area (Å²) in [7, 11) is 1.73. The van der Waals surface area contributed by atoms with Gasteiger partial charge in [-0.05, 0) is 24.6 Å². The first kappa shape index (κ1) is 15.4. The van der Waals surface area contributed by atoms with Crippen molar-refractivity contribution in [3.05, 3.63) is 24.3 Å². The number of hydrogen-bond acceptors (Lipinski definition) is 3. The molecule has 0 bridgehead atoms. The zero-order chi connectivity index (χ0) is 13.4. The van der Waals surface area contributed by atoms with Gasteiger partial charge in [0.2, 0.25) is 0 Å². The molecule has 0 aliphatic carbocycles. The summed E-state index contributed by atoms with van der Waals surface area (Å²) in [5, 5.41) is 3.58. The van der Waals surface area contributed by atoms with Crippen LogP contribution in [-0.4, -0.2) is 25.4 Å². The molecule has 0 saturated carbocycles. The molecule has 1 aromatic carbocycles. The lowest BCUT2D eigenvalue weighted by atomic mass is 10.0. The van der Waals surface area contributed by atoms with Gasteiger partial charge < -0.3 is 10.1 Å². The normalized spacial score (nSPS) is 14.2. The van der Waals surface area contributed by atoms with Crippen molar-refractivity contribution < 1.29 is 4.74 Å². The van der Waals surface area contributed by atoms with Crippen LogP contribution < -0.4 is 10.1 Å². The molecule has 1 rings (SSSR count). The van der Waals surface area contributed by atoms with Crippen molar-refractivity contribution in [1.82, 2.24) is 5.32 Å². The summed E-state index contributed by atoms with van der Waals surface area (Å²) in [6.07, 6.45) is 1.21. The van der Waals surface area contributed by atoms with E-state index in [-0.39, 0.29) is 0 Å². The first-order chi connectivity index (χ1) is 8.72. The number of para-hydroxylation sites is 1. The summed E-state index contributed by atoms with van der Waals surface area (Å²) in [6, 6.07) is 8.79. The number of methoxy groups -OCH3 is 1. The Kier molecular flexibility index (Phi) is 7.21. The Morgan fingerprint density at radius 1 is 1.28 bits per heavy atom. The Labute approximate surface area is 116 Å². The van der Waals surface area contributed by atoms with E-state index in [1.807, 2.05) is 23.9 Å². The summed E-state index contributed by atoms with van der Waals surface area (Å²) < 4.78 is 5.38. The van der Waals surface area contributed by atoms with Crippen LogP contribution in [0.1, 0.15) is 27.2 Å². The van der Waals surface area contributed by atoms with Gasteiger partial charge >= 0.3 is 0 Å². The van der Waals surface area contributed by atoms with Crippen LogP contribution in [0.2, 0.25) is 0 Å². The second-order valence-corrected chi connectivity index (χ2v) is 5.57. The van der Waals surface area contributed by atoms with E-state index < -0.39 is 0 Å². The van der Waals surface area contributed by atoms with E-state index in [4.69, 9.17) is 4.74 Å². The van der Waals surface area contributed by atoms with E-state index in [0.717, 1.165) is 18.0 Å². The maximum Gasteiger partial charge on any atom is 0.132 e. The Morgan fingerprint density at radius 3 is 2.61 bits per heavy atom. The smallest absolute Gasteiger partial charge is 0.132 e. The van der Waals surface area contributed by atoms with Crippen molar-refractivity contribution in [1.29, 1.82) is 0 Å². The van der Waals surface area contributed by atoms with E-state index >= 15 is 0 Å². The molecule has 0 fully saturated rings. The van der Waals surface area contributed by atoms with Gasteiger partial charge in [0.05, 0.1) is 7.11 Å². The summed E-state index contributed by atoms with van der Waals surface area (Å²) in [4.78, 5) is 1.23. The third-order valence-corrected chi connectivity index (χ3v) is 4.46. The zero-order valence-electron chi connectivity index (χ0n) is 11.9. The Bertz CT molecular complexity index is 343. The number of nitrogens with one attached hydrogen (secondary N) is 1. The van der Waals surface area contributed by atoms with Gasteiger partial charge in [-0.15, -0.1) is 11.8 Å². The van der Waals surface area contributed by atoms with Gasteiger partial charge in [0.25, 0.3) is 0 Å². The van der Waals surface area contributed by atoms with Gasteiger partial charge in [-0.25, -0.2) is 0 Å².